The molecule has 0 unspecified atom stereocenters. The van der Waals surface area contributed by atoms with E-state index in [1.165, 1.54) is 72.3 Å². The van der Waals surface area contributed by atoms with Crippen LogP contribution in [-0.4, -0.2) is 0 Å². The van der Waals surface area contributed by atoms with Gasteiger partial charge in [-0.3, -0.25) is 0 Å². The van der Waals surface area contributed by atoms with Gasteiger partial charge in [0.2, 0.25) is 0 Å². The minimum absolute atomic E-state index is 0.392. The molecule has 0 N–H and O–H groups in total. The molecule has 0 atom stereocenters. The molecule has 0 radical (unpaired) electrons. The largest absolute Gasteiger partial charge is 0.456 e. The van der Waals surface area contributed by atoms with E-state index in [1.54, 1.807) is 0 Å². The second-order valence-electron chi connectivity index (χ2n) is 16.4. The minimum atomic E-state index is -0.440. The second-order valence-corrected chi connectivity index (χ2v) is 16.4. The molecule has 1 heterocycles. The molecule has 0 saturated carbocycles. The summed E-state index contributed by atoms with van der Waals surface area (Å²) in [5.41, 5.74) is 21.2. The summed E-state index contributed by atoms with van der Waals surface area (Å²) >= 11 is 0. The van der Waals surface area contributed by atoms with E-state index in [-0.39, 0.29) is 0 Å². The highest BCUT2D eigenvalue weighted by Gasteiger charge is 2.51. The van der Waals surface area contributed by atoms with Gasteiger partial charge in [-0.25, -0.2) is 0 Å². The van der Waals surface area contributed by atoms with Crippen molar-refractivity contribution in [3.63, 3.8) is 0 Å². The number of benzene rings is 9. The number of anilines is 3. The lowest BCUT2D eigenvalue weighted by atomic mass is 9.70. The summed E-state index contributed by atoms with van der Waals surface area (Å²) in [6.45, 7) is 2.37. The third kappa shape index (κ3) is 4.10. The number of fused-ring (bicyclic) bond motifs is 16. The molecular formula is C57H37NO. The summed E-state index contributed by atoms with van der Waals surface area (Å²) in [6, 6.07) is 76.1. The molecule has 10 aromatic rings. The number of hydrogen-bond acceptors (Lipinski definition) is 2. The van der Waals surface area contributed by atoms with Gasteiger partial charge in [-0.2, -0.15) is 0 Å². The van der Waals surface area contributed by atoms with Gasteiger partial charge in [0, 0.05) is 27.7 Å². The Hall–Kier alpha value is -7.42. The van der Waals surface area contributed by atoms with Crippen LogP contribution in [0.3, 0.4) is 0 Å². The van der Waals surface area contributed by atoms with Gasteiger partial charge in [-0.15, -0.1) is 0 Å². The lowest BCUT2D eigenvalue weighted by Crippen LogP contribution is -2.26. The summed E-state index contributed by atoms with van der Waals surface area (Å²) < 4.78 is 7.10. The fourth-order valence-corrected chi connectivity index (χ4v) is 11.4. The lowest BCUT2D eigenvalue weighted by molar-refractivity contribution is 0.638. The number of furan rings is 1. The Kier molecular flexibility index (Phi) is 6.54. The number of nitrogens with zero attached hydrogens (tertiary/aromatic N) is 1. The molecule has 3 aliphatic carbocycles. The van der Waals surface area contributed by atoms with Crippen LogP contribution in [0, 0.1) is 0 Å². The maximum atomic E-state index is 7.10. The van der Waals surface area contributed by atoms with Gasteiger partial charge in [0.05, 0.1) is 16.5 Å². The van der Waals surface area contributed by atoms with Crippen LogP contribution in [0.5, 0.6) is 0 Å². The molecule has 0 aliphatic heterocycles. The zero-order chi connectivity index (χ0) is 38.9. The van der Waals surface area contributed by atoms with E-state index in [0.29, 0.717) is 0 Å². The Morgan fingerprint density at radius 1 is 0.373 bits per heavy atom. The van der Waals surface area contributed by atoms with Crippen molar-refractivity contribution in [3.05, 3.63) is 245 Å². The smallest absolute Gasteiger partial charge is 0.139 e. The van der Waals surface area contributed by atoms with Crippen LogP contribution >= 0.6 is 0 Å². The first kappa shape index (κ1) is 32.6. The van der Waals surface area contributed by atoms with Crippen LogP contribution in [0.25, 0.3) is 55.3 Å². The molecule has 3 aliphatic rings. The Labute approximate surface area is 343 Å². The van der Waals surface area contributed by atoms with Crippen LogP contribution in [0.1, 0.15) is 45.9 Å². The first-order chi connectivity index (χ1) is 29.2. The maximum absolute atomic E-state index is 7.10. The van der Waals surface area contributed by atoms with E-state index < -0.39 is 10.8 Å². The topological polar surface area (TPSA) is 16.4 Å². The lowest BCUT2D eigenvalue weighted by Gasteiger charge is -2.32. The van der Waals surface area contributed by atoms with Gasteiger partial charge >= 0.3 is 0 Å². The molecule has 0 amide bonds. The Balaban J connectivity index is 1.07. The van der Waals surface area contributed by atoms with Gasteiger partial charge < -0.3 is 9.32 Å². The van der Waals surface area contributed by atoms with Gasteiger partial charge in [-0.05, 0) is 110 Å². The van der Waals surface area contributed by atoms with Crippen LogP contribution in [-0.2, 0) is 10.8 Å². The molecule has 1 spiro atoms. The predicted octanol–water partition coefficient (Wildman–Crippen LogP) is 14.7. The highest BCUT2D eigenvalue weighted by molar-refractivity contribution is 6.14. The average molecular weight is 752 g/mol. The van der Waals surface area contributed by atoms with E-state index in [9.17, 15) is 0 Å². The van der Waals surface area contributed by atoms with Crippen LogP contribution in [0.2, 0.25) is 0 Å². The molecule has 2 heteroatoms. The van der Waals surface area contributed by atoms with Gasteiger partial charge in [-0.1, -0.05) is 170 Å². The normalized spacial score (nSPS) is 14.5. The number of para-hydroxylation sites is 2. The van der Waals surface area contributed by atoms with Crippen molar-refractivity contribution in [2.75, 3.05) is 4.90 Å². The van der Waals surface area contributed by atoms with Gasteiger partial charge in [0.15, 0.2) is 0 Å². The quantitative estimate of drug-likeness (QED) is 0.178. The standard InChI is InChI=1S/C57H37NO/c1-56(45-25-10-5-19-38(45)39-20-6-11-26-46(39)56)50-30-15-24-44-54-52(31-16-32-53(54)59-55(44)50)58(36-17-3-2-4-18-36)37-33-34-43-42-23-9-14-29-49(42)57(51(43)35-37)47-27-12-7-21-40(47)41-22-8-13-28-48(41)57/h2-35H,1H3. The summed E-state index contributed by atoms with van der Waals surface area (Å²) in [4.78, 5) is 2.44. The molecule has 1 aromatic heterocycles. The van der Waals surface area contributed by atoms with E-state index in [1.807, 2.05) is 0 Å². The van der Waals surface area contributed by atoms with Crippen molar-refractivity contribution in [2.24, 2.45) is 0 Å². The monoisotopic (exact) mass is 751 g/mol. The zero-order valence-electron chi connectivity index (χ0n) is 32.5. The Morgan fingerprint density at radius 2 is 0.847 bits per heavy atom. The van der Waals surface area contributed by atoms with E-state index >= 15 is 0 Å². The van der Waals surface area contributed by atoms with Crippen LogP contribution in [0.4, 0.5) is 17.1 Å². The van der Waals surface area contributed by atoms with E-state index in [0.717, 1.165) is 39.0 Å². The van der Waals surface area contributed by atoms with Crippen molar-refractivity contribution in [1.29, 1.82) is 0 Å². The molecular weight excluding hydrogens is 715 g/mol. The average Bonchev–Trinajstić information content (AvgIpc) is 4.00. The zero-order valence-corrected chi connectivity index (χ0v) is 32.5. The van der Waals surface area contributed by atoms with Crippen molar-refractivity contribution >= 4 is 39.0 Å². The summed E-state index contributed by atoms with van der Waals surface area (Å²) in [5.74, 6) is 0. The predicted molar refractivity (Wildman–Crippen MR) is 242 cm³/mol. The molecule has 13 rings (SSSR count). The highest BCUT2D eigenvalue weighted by Crippen LogP contribution is 2.63. The number of hydrogen-bond donors (Lipinski definition) is 0. The molecule has 0 saturated heterocycles. The van der Waals surface area contributed by atoms with Crippen molar-refractivity contribution in [2.45, 2.75) is 17.8 Å². The molecule has 59 heavy (non-hydrogen) atoms. The molecule has 0 fully saturated rings. The van der Waals surface area contributed by atoms with Crippen molar-refractivity contribution in [1.82, 2.24) is 0 Å². The second kappa shape index (κ2) is 11.8. The van der Waals surface area contributed by atoms with Crippen LogP contribution < -0.4 is 4.90 Å². The van der Waals surface area contributed by atoms with Crippen molar-refractivity contribution < 1.29 is 4.42 Å². The number of rotatable bonds is 4. The van der Waals surface area contributed by atoms with E-state index in [2.05, 4.69) is 218 Å². The fraction of sp³-hybridized carbons (Fsp3) is 0.0526. The SMILES string of the molecule is CC1(c2cccc3c2oc2cccc(N(c4ccccc4)c4ccc5c(c4)C4(c6ccccc6-c6ccccc64)c4ccccc4-5)c23)c2ccccc2-c2ccccc21. The summed E-state index contributed by atoms with van der Waals surface area (Å²) in [6.07, 6.45) is 0. The van der Waals surface area contributed by atoms with Crippen molar-refractivity contribution in [3.8, 4) is 33.4 Å². The molecule has 0 bridgehead atoms. The summed E-state index contributed by atoms with van der Waals surface area (Å²) in [7, 11) is 0. The van der Waals surface area contributed by atoms with E-state index in [4.69, 9.17) is 4.42 Å². The van der Waals surface area contributed by atoms with Gasteiger partial charge in [0.1, 0.15) is 11.2 Å². The first-order valence-corrected chi connectivity index (χ1v) is 20.6. The first-order valence-electron chi connectivity index (χ1n) is 20.6. The Bertz CT molecular complexity index is 3260. The van der Waals surface area contributed by atoms with Crippen LogP contribution in [0.15, 0.2) is 211 Å². The maximum Gasteiger partial charge on any atom is 0.139 e. The molecule has 2 nitrogen and oxygen atoms in total. The molecule has 276 valence electrons. The highest BCUT2D eigenvalue weighted by atomic mass is 16.3. The third-order valence-electron chi connectivity index (χ3n) is 13.8. The minimum Gasteiger partial charge on any atom is -0.456 e. The summed E-state index contributed by atoms with van der Waals surface area (Å²) in [5, 5.41) is 2.22. The third-order valence-corrected chi connectivity index (χ3v) is 13.8. The molecule has 9 aromatic carbocycles. The van der Waals surface area contributed by atoms with Gasteiger partial charge in [0.25, 0.3) is 0 Å². The Morgan fingerprint density at radius 3 is 1.44 bits per heavy atom. The fourth-order valence-electron chi connectivity index (χ4n) is 11.4.